The third-order valence-corrected chi connectivity index (χ3v) is 3.04. The van der Waals surface area contributed by atoms with E-state index in [1.54, 1.807) is 0 Å². The van der Waals surface area contributed by atoms with Gasteiger partial charge in [0.15, 0.2) is 0 Å². The van der Waals surface area contributed by atoms with Gasteiger partial charge >= 0.3 is 0 Å². The Kier molecular flexibility index (Phi) is 3.62. The molecule has 2 nitrogen and oxygen atoms in total. The Balaban J connectivity index is 2.30. The molecule has 0 fully saturated rings. The number of aliphatic hydroxyl groups is 1. The van der Waals surface area contributed by atoms with Crippen molar-refractivity contribution >= 4 is 10.9 Å². The summed E-state index contributed by atoms with van der Waals surface area (Å²) in [4.78, 5) is 0. The van der Waals surface area contributed by atoms with Gasteiger partial charge in [-0.25, -0.2) is 0 Å². The van der Waals surface area contributed by atoms with Crippen molar-refractivity contribution in [3.8, 4) is 0 Å². The zero-order valence-electron chi connectivity index (χ0n) is 9.82. The Hall–Kier alpha value is -1.28. The third kappa shape index (κ3) is 2.12. The van der Waals surface area contributed by atoms with Gasteiger partial charge in [-0.1, -0.05) is 38.0 Å². The van der Waals surface area contributed by atoms with E-state index < -0.39 is 0 Å². The highest BCUT2D eigenvalue weighted by Crippen LogP contribution is 2.21. The van der Waals surface area contributed by atoms with E-state index in [-0.39, 0.29) is 6.61 Å². The minimum Gasteiger partial charge on any atom is -0.392 e. The van der Waals surface area contributed by atoms with Gasteiger partial charge in [-0.3, -0.25) is 0 Å². The minimum atomic E-state index is 0.120. The number of hydrogen-bond acceptors (Lipinski definition) is 1. The molecule has 0 atom stereocenters. The van der Waals surface area contributed by atoms with Crippen molar-refractivity contribution in [2.75, 3.05) is 0 Å². The van der Waals surface area contributed by atoms with E-state index >= 15 is 0 Å². The summed E-state index contributed by atoms with van der Waals surface area (Å²) in [6, 6.07) is 8.23. The normalized spacial score (nSPS) is 11.1. The van der Waals surface area contributed by atoms with Crippen molar-refractivity contribution < 1.29 is 5.11 Å². The van der Waals surface area contributed by atoms with Gasteiger partial charge in [0.1, 0.15) is 0 Å². The second-order valence-corrected chi connectivity index (χ2v) is 4.23. The average molecular weight is 217 g/mol. The standard InChI is InChI=1S/C14H19NO/c1-2-3-4-9-15-10-8-12-6-5-7-13(11-16)14(12)15/h5-8,10,16H,2-4,9,11H2,1H3. The summed E-state index contributed by atoms with van der Waals surface area (Å²) in [7, 11) is 0. The number of para-hydroxylation sites is 1. The molecule has 0 aliphatic carbocycles. The van der Waals surface area contributed by atoms with Crippen LogP contribution in [0.1, 0.15) is 31.7 Å². The fourth-order valence-corrected chi connectivity index (χ4v) is 2.19. The molecular weight excluding hydrogens is 198 g/mol. The summed E-state index contributed by atoms with van der Waals surface area (Å²) in [5.74, 6) is 0. The number of aryl methyl sites for hydroxylation is 1. The highest BCUT2D eigenvalue weighted by molar-refractivity contribution is 5.83. The van der Waals surface area contributed by atoms with E-state index in [4.69, 9.17) is 0 Å². The van der Waals surface area contributed by atoms with E-state index in [1.807, 2.05) is 12.1 Å². The highest BCUT2D eigenvalue weighted by atomic mass is 16.3. The molecule has 0 bridgehead atoms. The van der Waals surface area contributed by atoms with Crippen LogP contribution in [0.4, 0.5) is 0 Å². The lowest BCUT2D eigenvalue weighted by atomic mass is 10.1. The largest absolute Gasteiger partial charge is 0.392 e. The molecule has 1 heterocycles. The molecule has 0 unspecified atom stereocenters. The zero-order valence-corrected chi connectivity index (χ0v) is 9.82. The van der Waals surface area contributed by atoms with Crippen molar-refractivity contribution in [1.29, 1.82) is 0 Å². The van der Waals surface area contributed by atoms with Crippen LogP contribution >= 0.6 is 0 Å². The third-order valence-electron chi connectivity index (χ3n) is 3.04. The average Bonchev–Trinajstić information content (AvgIpc) is 2.73. The molecule has 86 valence electrons. The van der Waals surface area contributed by atoms with Gasteiger partial charge in [0.05, 0.1) is 12.1 Å². The first-order valence-corrected chi connectivity index (χ1v) is 6.04. The van der Waals surface area contributed by atoms with E-state index in [1.165, 1.54) is 30.2 Å². The number of nitrogens with zero attached hydrogens (tertiary/aromatic N) is 1. The van der Waals surface area contributed by atoms with Crippen LogP contribution < -0.4 is 0 Å². The predicted octanol–water partition coefficient (Wildman–Crippen LogP) is 3.32. The van der Waals surface area contributed by atoms with Crippen LogP contribution in [0.15, 0.2) is 30.5 Å². The fraction of sp³-hybridized carbons (Fsp3) is 0.429. The Morgan fingerprint density at radius 2 is 2.06 bits per heavy atom. The number of hydrogen-bond donors (Lipinski definition) is 1. The summed E-state index contributed by atoms with van der Waals surface area (Å²) < 4.78 is 2.26. The maximum Gasteiger partial charge on any atom is 0.0702 e. The molecule has 0 amide bonds. The van der Waals surface area contributed by atoms with Crippen molar-refractivity contribution in [3.05, 3.63) is 36.0 Å². The first-order chi connectivity index (χ1) is 7.86. The minimum absolute atomic E-state index is 0.120. The van der Waals surface area contributed by atoms with Gasteiger partial charge in [0.25, 0.3) is 0 Å². The number of aliphatic hydroxyl groups excluding tert-OH is 1. The second kappa shape index (κ2) is 5.17. The van der Waals surface area contributed by atoms with Crippen molar-refractivity contribution in [2.24, 2.45) is 0 Å². The second-order valence-electron chi connectivity index (χ2n) is 4.23. The van der Waals surface area contributed by atoms with Crippen LogP contribution in [0, 0.1) is 0 Å². The zero-order chi connectivity index (χ0) is 11.4. The molecule has 1 N–H and O–H groups in total. The summed E-state index contributed by atoms with van der Waals surface area (Å²) >= 11 is 0. The van der Waals surface area contributed by atoms with Crippen LogP contribution in [0.5, 0.6) is 0 Å². The van der Waals surface area contributed by atoms with Gasteiger partial charge in [-0.2, -0.15) is 0 Å². The van der Waals surface area contributed by atoms with Crippen LogP contribution in [-0.2, 0) is 13.2 Å². The fourth-order valence-electron chi connectivity index (χ4n) is 2.19. The number of benzene rings is 1. The maximum atomic E-state index is 9.34. The topological polar surface area (TPSA) is 25.2 Å². The van der Waals surface area contributed by atoms with Gasteiger partial charge in [0.2, 0.25) is 0 Å². The lowest BCUT2D eigenvalue weighted by Gasteiger charge is -2.07. The molecule has 0 saturated heterocycles. The van der Waals surface area contributed by atoms with E-state index in [2.05, 4.69) is 29.8 Å². The molecule has 0 saturated carbocycles. The lowest BCUT2D eigenvalue weighted by Crippen LogP contribution is -1.98. The van der Waals surface area contributed by atoms with Crippen molar-refractivity contribution in [2.45, 2.75) is 39.3 Å². The first kappa shape index (κ1) is 11.2. The summed E-state index contributed by atoms with van der Waals surface area (Å²) in [6.45, 7) is 3.39. The van der Waals surface area contributed by atoms with Gasteiger partial charge in [0, 0.05) is 18.3 Å². The lowest BCUT2D eigenvalue weighted by molar-refractivity contribution is 0.283. The molecule has 0 aliphatic rings. The molecule has 0 spiro atoms. The molecule has 1 aromatic carbocycles. The van der Waals surface area contributed by atoms with Crippen LogP contribution in [-0.4, -0.2) is 9.67 Å². The molecular formula is C14H19NO. The van der Waals surface area contributed by atoms with Crippen LogP contribution in [0.3, 0.4) is 0 Å². The summed E-state index contributed by atoms with van der Waals surface area (Å²) in [6.07, 6.45) is 5.84. The number of rotatable bonds is 5. The van der Waals surface area contributed by atoms with E-state index in [0.717, 1.165) is 12.1 Å². The first-order valence-electron chi connectivity index (χ1n) is 6.04. The van der Waals surface area contributed by atoms with Crippen molar-refractivity contribution in [1.82, 2.24) is 4.57 Å². The molecule has 0 aliphatic heterocycles. The molecule has 16 heavy (non-hydrogen) atoms. The number of aromatic nitrogens is 1. The molecule has 0 radical (unpaired) electrons. The van der Waals surface area contributed by atoms with Gasteiger partial charge < -0.3 is 9.67 Å². The molecule has 1 aromatic heterocycles. The summed E-state index contributed by atoms with van der Waals surface area (Å²) in [5, 5.41) is 10.6. The number of fused-ring (bicyclic) bond motifs is 1. The van der Waals surface area contributed by atoms with Gasteiger partial charge in [-0.05, 0) is 17.9 Å². The SMILES string of the molecule is CCCCCn1ccc2cccc(CO)c21. The Morgan fingerprint density at radius 1 is 1.19 bits per heavy atom. The van der Waals surface area contributed by atoms with Crippen LogP contribution in [0.25, 0.3) is 10.9 Å². The Labute approximate surface area is 96.5 Å². The monoisotopic (exact) mass is 217 g/mol. The molecule has 2 heteroatoms. The smallest absolute Gasteiger partial charge is 0.0702 e. The maximum absolute atomic E-state index is 9.34. The molecule has 2 rings (SSSR count). The molecule has 2 aromatic rings. The predicted molar refractivity (Wildman–Crippen MR) is 67.4 cm³/mol. The quantitative estimate of drug-likeness (QED) is 0.764. The Morgan fingerprint density at radius 3 is 2.81 bits per heavy atom. The van der Waals surface area contributed by atoms with E-state index in [9.17, 15) is 5.11 Å². The van der Waals surface area contributed by atoms with Crippen LogP contribution in [0.2, 0.25) is 0 Å². The van der Waals surface area contributed by atoms with E-state index in [0.29, 0.717) is 0 Å². The van der Waals surface area contributed by atoms with Crippen molar-refractivity contribution in [3.63, 3.8) is 0 Å². The van der Waals surface area contributed by atoms with Gasteiger partial charge in [-0.15, -0.1) is 0 Å². The number of unbranched alkanes of at least 4 members (excludes halogenated alkanes) is 2. The Bertz CT molecular complexity index is 459. The summed E-state index contributed by atoms with van der Waals surface area (Å²) in [5.41, 5.74) is 2.22. The highest BCUT2D eigenvalue weighted by Gasteiger charge is 2.04.